The SMILES string of the molecule is CCCCOc1ccc(C2c3c(-c4cc(C)cc(C)c4O)n[nH]c3C(=O)N2CCCO)cc1OC. The molecule has 0 saturated heterocycles. The molecule has 1 atom stereocenters. The van der Waals surface area contributed by atoms with Crippen LogP contribution in [0, 0.1) is 13.8 Å². The molecular formula is C27H33N3O5. The van der Waals surface area contributed by atoms with E-state index in [4.69, 9.17) is 9.47 Å². The first kappa shape index (κ1) is 24.6. The van der Waals surface area contributed by atoms with Crippen LogP contribution in [-0.4, -0.2) is 58.1 Å². The number of carbonyl (C=O) groups is 1. The number of aromatic amines is 1. The number of benzene rings is 2. The third-order valence-corrected chi connectivity index (χ3v) is 6.38. The van der Waals surface area contributed by atoms with Crippen LogP contribution in [0.15, 0.2) is 30.3 Å². The van der Waals surface area contributed by atoms with Crippen molar-refractivity contribution in [3.8, 4) is 28.5 Å². The lowest BCUT2D eigenvalue weighted by Crippen LogP contribution is -2.31. The number of H-pyrrole nitrogens is 1. The predicted molar refractivity (Wildman–Crippen MR) is 133 cm³/mol. The van der Waals surface area contributed by atoms with Gasteiger partial charge >= 0.3 is 0 Å². The first-order chi connectivity index (χ1) is 16.9. The van der Waals surface area contributed by atoms with Crippen LogP contribution in [0.1, 0.15) is 65.0 Å². The van der Waals surface area contributed by atoms with E-state index in [0.29, 0.717) is 53.6 Å². The molecule has 0 bridgehead atoms. The Morgan fingerprint density at radius 1 is 1.14 bits per heavy atom. The van der Waals surface area contributed by atoms with Gasteiger partial charge in [0.25, 0.3) is 5.91 Å². The maximum absolute atomic E-state index is 13.4. The lowest BCUT2D eigenvalue weighted by Gasteiger charge is -2.27. The maximum atomic E-state index is 13.4. The summed E-state index contributed by atoms with van der Waals surface area (Å²) < 4.78 is 11.5. The molecule has 3 aromatic rings. The molecule has 8 heteroatoms. The van der Waals surface area contributed by atoms with Crippen molar-refractivity contribution in [1.29, 1.82) is 0 Å². The maximum Gasteiger partial charge on any atom is 0.273 e. The molecule has 4 rings (SSSR count). The molecule has 0 radical (unpaired) electrons. The Hall–Kier alpha value is -3.52. The molecule has 35 heavy (non-hydrogen) atoms. The Bertz CT molecular complexity index is 1220. The molecule has 8 nitrogen and oxygen atoms in total. The van der Waals surface area contributed by atoms with Crippen molar-refractivity contribution in [3.63, 3.8) is 0 Å². The zero-order valence-corrected chi connectivity index (χ0v) is 20.7. The van der Waals surface area contributed by atoms with Crippen LogP contribution in [0.3, 0.4) is 0 Å². The number of aliphatic hydroxyl groups is 1. The molecule has 3 N–H and O–H groups in total. The highest BCUT2D eigenvalue weighted by Crippen LogP contribution is 2.46. The Morgan fingerprint density at radius 3 is 2.66 bits per heavy atom. The summed E-state index contributed by atoms with van der Waals surface area (Å²) in [6.07, 6.45) is 2.42. The number of ether oxygens (including phenoxy) is 2. The van der Waals surface area contributed by atoms with E-state index in [1.165, 1.54) is 0 Å². The molecule has 1 aliphatic rings. The number of fused-ring (bicyclic) bond motifs is 1. The van der Waals surface area contributed by atoms with E-state index in [1.54, 1.807) is 12.0 Å². The van der Waals surface area contributed by atoms with Crippen LogP contribution in [0.2, 0.25) is 0 Å². The number of methoxy groups -OCH3 is 1. The van der Waals surface area contributed by atoms with Gasteiger partial charge in [-0.1, -0.05) is 25.5 Å². The number of carbonyl (C=O) groups excluding carboxylic acids is 1. The molecular weight excluding hydrogens is 446 g/mol. The predicted octanol–water partition coefficient (Wildman–Crippen LogP) is 4.51. The van der Waals surface area contributed by atoms with Crippen LogP contribution in [-0.2, 0) is 0 Å². The minimum atomic E-state index is -0.461. The van der Waals surface area contributed by atoms with Crippen LogP contribution in [0.4, 0.5) is 0 Å². The minimum absolute atomic E-state index is 0.0269. The summed E-state index contributed by atoms with van der Waals surface area (Å²) in [4.78, 5) is 15.1. The zero-order valence-electron chi connectivity index (χ0n) is 20.7. The van der Waals surface area contributed by atoms with Crippen molar-refractivity contribution >= 4 is 5.91 Å². The van der Waals surface area contributed by atoms with Crippen molar-refractivity contribution < 1.29 is 24.5 Å². The van der Waals surface area contributed by atoms with E-state index in [0.717, 1.165) is 29.5 Å². The van der Waals surface area contributed by atoms with E-state index in [2.05, 4.69) is 17.1 Å². The zero-order chi connectivity index (χ0) is 25.1. The van der Waals surface area contributed by atoms with Crippen LogP contribution in [0.5, 0.6) is 17.2 Å². The standard InChI is InChI=1S/C27H33N3O5/c1-5-6-12-35-20-9-8-18(15-21(20)34-4)25-22-23(19-14-16(2)13-17(3)26(19)32)28-29-24(22)27(33)30(25)10-7-11-31/h8-9,13-15,25,31-32H,5-7,10-12H2,1-4H3,(H,28,29). The van der Waals surface area contributed by atoms with Gasteiger partial charge in [-0.3, -0.25) is 9.89 Å². The second-order valence-electron chi connectivity index (χ2n) is 8.93. The average molecular weight is 480 g/mol. The number of phenols is 1. The van der Waals surface area contributed by atoms with Crippen molar-refractivity contribution in [2.75, 3.05) is 26.9 Å². The molecule has 0 saturated carbocycles. The van der Waals surface area contributed by atoms with Gasteiger partial charge in [0.1, 0.15) is 17.1 Å². The van der Waals surface area contributed by atoms with Gasteiger partial charge in [-0.25, -0.2) is 0 Å². The van der Waals surface area contributed by atoms with Gasteiger partial charge in [0.05, 0.1) is 19.8 Å². The first-order valence-electron chi connectivity index (χ1n) is 12.0. The number of hydrogen-bond acceptors (Lipinski definition) is 6. The molecule has 2 aromatic carbocycles. The Kier molecular flexibility index (Phi) is 7.31. The smallest absolute Gasteiger partial charge is 0.273 e. The highest BCUT2D eigenvalue weighted by atomic mass is 16.5. The van der Waals surface area contributed by atoms with Gasteiger partial charge in [0.2, 0.25) is 0 Å². The number of unbranched alkanes of at least 4 members (excludes halogenated alkanes) is 1. The molecule has 0 fully saturated rings. The number of nitrogens with zero attached hydrogens (tertiary/aromatic N) is 2. The third kappa shape index (κ3) is 4.58. The van der Waals surface area contributed by atoms with Gasteiger partial charge in [-0.2, -0.15) is 5.10 Å². The Balaban J connectivity index is 1.84. The van der Waals surface area contributed by atoms with Crippen molar-refractivity contribution in [1.82, 2.24) is 15.1 Å². The van der Waals surface area contributed by atoms with E-state index in [1.807, 2.05) is 44.2 Å². The van der Waals surface area contributed by atoms with Gasteiger partial charge in [-0.15, -0.1) is 0 Å². The molecule has 0 spiro atoms. The number of hydrogen-bond donors (Lipinski definition) is 3. The quantitative estimate of drug-likeness (QED) is 0.369. The van der Waals surface area contributed by atoms with E-state index in [-0.39, 0.29) is 18.3 Å². The lowest BCUT2D eigenvalue weighted by molar-refractivity contribution is 0.0732. The fourth-order valence-corrected chi connectivity index (χ4v) is 4.66. The molecule has 0 aliphatic carbocycles. The number of aromatic hydroxyl groups is 1. The summed E-state index contributed by atoms with van der Waals surface area (Å²) in [5, 5.41) is 27.7. The number of phenolic OH excluding ortho intramolecular Hbond substituents is 1. The molecule has 1 aliphatic heterocycles. The summed E-state index contributed by atoms with van der Waals surface area (Å²) >= 11 is 0. The largest absolute Gasteiger partial charge is 0.507 e. The highest BCUT2D eigenvalue weighted by molar-refractivity contribution is 6.00. The normalized spacial score (nSPS) is 14.9. The fraction of sp³-hybridized carbons (Fsp3) is 0.407. The van der Waals surface area contributed by atoms with Crippen molar-refractivity contribution in [3.05, 3.63) is 58.3 Å². The number of nitrogens with one attached hydrogen (secondary N) is 1. The molecule has 2 heterocycles. The van der Waals surface area contributed by atoms with Gasteiger partial charge < -0.3 is 24.6 Å². The first-order valence-corrected chi connectivity index (χ1v) is 12.0. The fourth-order valence-electron chi connectivity index (χ4n) is 4.66. The molecule has 1 amide bonds. The van der Waals surface area contributed by atoms with Crippen molar-refractivity contribution in [2.45, 2.75) is 46.1 Å². The summed E-state index contributed by atoms with van der Waals surface area (Å²) in [6, 6.07) is 9.01. The number of aliphatic hydroxyl groups excluding tert-OH is 1. The molecule has 1 aromatic heterocycles. The summed E-state index contributed by atoms with van der Waals surface area (Å²) in [5.41, 5.74) is 4.77. The minimum Gasteiger partial charge on any atom is -0.507 e. The second kappa shape index (κ2) is 10.4. The second-order valence-corrected chi connectivity index (χ2v) is 8.93. The van der Waals surface area contributed by atoms with Crippen LogP contribution < -0.4 is 9.47 Å². The Labute approximate surface area is 205 Å². The molecule has 186 valence electrons. The van der Waals surface area contributed by atoms with Gasteiger partial charge in [0, 0.05) is 24.3 Å². The highest BCUT2D eigenvalue weighted by Gasteiger charge is 2.42. The molecule has 1 unspecified atom stereocenters. The number of rotatable bonds is 10. The number of aromatic nitrogens is 2. The monoisotopic (exact) mass is 479 g/mol. The number of aryl methyl sites for hydroxylation is 2. The van der Waals surface area contributed by atoms with Crippen LogP contribution >= 0.6 is 0 Å². The lowest BCUT2D eigenvalue weighted by atomic mass is 9.94. The summed E-state index contributed by atoms with van der Waals surface area (Å²) in [7, 11) is 1.59. The van der Waals surface area contributed by atoms with E-state index < -0.39 is 6.04 Å². The summed E-state index contributed by atoms with van der Waals surface area (Å²) in [5.74, 6) is 1.18. The van der Waals surface area contributed by atoms with Crippen molar-refractivity contribution in [2.24, 2.45) is 0 Å². The Morgan fingerprint density at radius 2 is 1.94 bits per heavy atom. The van der Waals surface area contributed by atoms with Gasteiger partial charge in [0.15, 0.2) is 11.5 Å². The van der Waals surface area contributed by atoms with Crippen LogP contribution in [0.25, 0.3) is 11.3 Å². The van der Waals surface area contributed by atoms with Gasteiger partial charge in [-0.05, 0) is 61.6 Å². The van der Waals surface area contributed by atoms with E-state index in [9.17, 15) is 15.0 Å². The third-order valence-electron chi connectivity index (χ3n) is 6.38. The van der Waals surface area contributed by atoms with E-state index >= 15 is 0 Å². The topological polar surface area (TPSA) is 108 Å². The summed E-state index contributed by atoms with van der Waals surface area (Å²) in [6.45, 7) is 6.85. The number of amides is 1. The average Bonchev–Trinajstić information content (AvgIpc) is 3.39.